The second-order valence-electron chi connectivity index (χ2n) is 8.68. The zero-order valence-electron chi connectivity index (χ0n) is 20.1. The Morgan fingerprint density at radius 1 is 0.853 bits per heavy atom. The maximum Gasteiger partial charge on any atom is 0.278 e. The molecule has 4 rings (SSSR count). The third-order valence-electron chi connectivity index (χ3n) is 6.11. The Labute approximate surface area is 201 Å². The van der Waals surface area contributed by atoms with Gasteiger partial charge in [0, 0.05) is 5.69 Å². The molecule has 0 fully saturated rings. The summed E-state index contributed by atoms with van der Waals surface area (Å²) < 4.78 is 5.69. The molecule has 174 valence electrons. The Morgan fingerprint density at radius 3 is 2.24 bits per heavy atom. The fourth-order valence-corrected chi connectivity index (χ4v) is 3.94. The van der Waals surface area contributed by atoms with Crippen molar-refractivity contribution in [1.29, 1.82) is 0 Å². The van der Waals surface area contributed by atoms with Crippen molar-refractivity contribution in [3.63, 3.8) is 0 Å². The van der Waals surface area contributed by atoms with E-state index in [-0.39, 0.29) is 18.4 Å². The Kier molecular flexibility index (Phi) is 6.82. The van der Waals surface area contributed by atoms with Gasteiger partial charge in [0.05, 0.1) is 18.7 Å². The number of rotatable bonds is 8. The van der Waals surface area contributed by atoms with Gasteiger partial charge in [-0.05, 0) is 67.6 Å². The van der Waals surface area contributed by atoms with Crippen LogP contribution in [0.25, 0.3) is 5.57 Å². The number of ether oxygens (including phenoxy) is 1. The molecule has 5 nitrogen and oxygen atoms in total. The third-order valence-corrected chi connectivity index (χ3v) is 6.11. The van der Waals surface area contributed by atoms with Gasteiger partial charge >= 0.3 is 0 Å². The summed E-state index contributed by atoms with van der Waals surface area (Å²) in [5.41, 5.74) is 6.35. The van der Waals surface area contributed by atoms with Crippen molar-refractivity contribution in [2.24, 2.45) is 0 Å². The fraction of sp³-hybridized carbons (Fsp3) is 0.241. The highest BCUT2D eigenvalue weighted by atomic mass is 16.5. The van der Waals surface area contributed by atoms with Gasteiger partial charge in [0.15, 0.2) is 0 Å². The Bertz CT molecular complexity index is 1240. The molecule has 1 heterocycles. The lowest BCUT2D eigenvalue weighted by Gasteiger charge is -2.16. The first-order valence-electron chi connectivity index (χ1n) is 11.6. The van der Waals surface area contributed by atoms with Gasteiger partial charge < -0.3 is 10.1 Å². The van der Waals surface area contributed by atoms with Crippen LogP contribution in [0.2, 0.25) is 0 Å². The SMILES string of the molecule is CCCOc1ccc(C2=C(Nc3cccc(C)c3C)C(=O)N(Cc3ccc(C)cc3)C2=O)cc1. The minimum Gasteiger partial charge on any atom is -0.494 e. The molecule has 1 N–H and O–H groups in total. The van der Waals surface area contributed by atoms with E-state index >= 15 is 0 Å². The number of imide groups is 1. The average molecular weight is 455 g/mol. The predicted octanol–water partition coefficient (Wildman–Crippen LogP) is 5.79. The van der Waals surface area contributed by atoms with Crippen LogP contribution in [0.3, 0.4) is 0 Å². The lowest BCUT2D eigenvalue weighted by Crippen LogP contribution is -2.32. The van der Waals surface area contributed by atoms with Crippen molar-refractivity contribution in [3.05, 3.63) is 100 Å². The molecule has 0 saturated heterocycles. The Balaban J connectivity index is 1.72. The number of hydrogen-bond acceptors (Lipinski definition) is 4. The molecule has 1 aliphatic heterocycles. The Morgan fingerprint density at radius 2 is 1.56 bits per heavy atom. The second kappa shape index (κ2) is 9.96. The monoisotopic (exact) mass is 454 g/mol. The van der Waals surface area contributed by atoms with Crippen molar-refractivity contribution < 1.29 is 14.3 Å². The van der Waals surface area contributed by atoms with Crippen molar-refractivity contribution >= 4 is 23.1 Å². The quantitative estimate of drug-likeness (QED) is 0.438. The largest absolute Gasteiger partial charge is 0.494 e. The van der Waals surface area contributed by atoms with Gasteiger partial charge in [0.1, 0.15) is 11.4 Å². The Hall–Kier alpha value is -3.86. The van der Waals surface area contributed by atoms with Gasteiger partial charge in [0.25, 0.3) is 11.8 Å². The maximum atomic E-state index is 13.6. The maximum absolute atomic E-state index is 13.6. The number of aryl methyl sites for hydroxylation is 2. The van der Waals surface area contributed by atoms with E-state index in [9.17, 15) is 9.59 Å². The van der Waals surface area contributed by atoms with Crippen molar-refractivity contribution in [1.82, 2.24) is 4.90 Å². The lowest BCUT2D eigenvalue weighted by atomic mass is 10.0. The molecule has 34 heavy (non-hydrogen) atoms. The molecule has 3 aromatic carbocycles. The van der Waals surface area contributed by atoms with E-state index in [0.29, 0.717) is 23.4 Å². The molecule has 0 aliphatic carbocycles. The standard InChI is InChI=1S/C29H30N2O3/c1-5-17-34-24-15-13-23(14-16-24)26-27(30-25-8-6-7-20(3)21(25)4)29(33)31(28(26)32)18-22-11-9-19(2)10-12-22/h6-16,30H,5,17-18H2,1-4H3. The van der Waals surface area contributed by atoms with Gasteiger partial charge in [-0.15, -0.1) is 0 Å². The molecular formula is C29H30N2O3. The van der Waals surface area contributed by atoms with Gasteiger partial charge in [-0.25, -0.2) is 0 Å². The average Bonchev–Trinajstić information content (AvgIpc) is 3.06. The summed E-state index contributed by atoms with van der Waals surface area (Å²) in [4.78, 5) is 28.4. The molecule has 0 unspecified atom stereocenters. The van der Waals surface area contributed by atoms with Crippen molar-refractivity contribution in [2.75, 3.05) is 11.9 Å². The van der Waals surface area contributed by atoms with Gasteiger partial charge in [0.2, 0.25) is 0 Å². The van der Waals surface area contributed by atoms with E-state index in [1.807, 2.05) is 87.5 Å². The molecule has 5 heteroatoms. The van der Waals surface area contributed by atoms with Crippen LogP contribution in [-0.4, -0.2) is 23.3 Å². The number of nitrogens with zero attached hydrogens (tertiary/aromatic N) is 1. The summed E-state index contributed by atoms with van der Waals surface area (Å²) in [5.74, 6) is 0.108. The van der Waals surface area contributed by atoms with Crippen LogP contribution in [0.4, 0.5) is 5.69 Å². The van der Waals surface area contributed by atoms with E-state index in [1.165, 1.54) is 4.90 Å². The normalized spacial score (nSPS) is 13.6. The van der Waals surface area contributed by atoms with Gasteiger partial charge in [-0.1, -0.05) is 61.0 Å². The van der Waals surface area contributed by atoms with E-state index in [0.717, 1.165) is 40.1 Å². The van der Waals surface area contributed by atoms with Crippen molar-refractivity contribution in [3.8, 4) is 5.75 Å². The van der Waals surface area contributed by atoms with Crippen LogP contribution in [-0.2, 0) is 16.1 Å². The molecule has 0 aromatic heterocycles. The summed E-state index contributed by atoms with van der Waals surface area (Å²) in [5, 5.41) is 3.29. The number of carbonyl (C=O) groups excluding carboxylic acids is 2. The molecule has 0 bridgehead atoms. The van der Waals surface area contributed by atoms with E-state index in [4.69, 9.17) is 4.74 Å². The summed E-state index contributed by atoms with van der Waals surface area (Å²) >= 11 is 0. The number of carbonyl (C=O) groups is 2. The summed E-state index contributed by atoms with van der Waals surface area (Å²) in [7, 11) is 0. The van der Waals surface area contributed by atoms with Crippen molar-refractivity contribution in [2.45, 2.75) is 40.7 Å². The van der Waals surface area contributed by atoms with Crippen LogP contribution in [0.5, 0.6) is 5.75 Å². The first-order valence-corrected chi connectivity index (χ1v) is 11.6. The minimum atomic E-state index is -0.326. The highest BCUT2D eigenvalue weighted by Gasteiger charge is 2.39. The number of benzene rings is 3. The minimum absolute atomic E-state index is 0.219. The summed E-state index contributed by atoms with van der Waals surface area (Å²) in [6.45, 7) is 8.94. The fourth-order valence-electron chi connectivity index (χ4n) is 3.94. The van der Waals surface area contributed by atoms with Gasteiger partial charge in [-0.3, -0.25) is 14.5 Å². The van der Waals surface area contributed by atoms with Crippen LogP contribution >= 0.6 is 0 Å². The highest BCUT2D eigenvalue weighted by Crippen LogP contribution is 2.33. The molecule has 0 saturated carbocycles. The number of anilines is 1. The molecule has 0 spiro atoms. The topological polar surface area (TPSA) is 58.6 Å². The first kappa shape index (κ1) is 23.3. The second-order valence-corrected chi connectivity index (χ2v) is 8.68. The lowest BCUT2D eigenvalue weighted by molar-refractivity contribution is -0.137. The molecule has 0 radical (unpaired) electrons. The summed E-state index contributed by atoms with van der Waals surface area (Å²) in [6.07, 6.45) is 0.914. The smallest absolute Gasteiger partial charge is 0.278 e. The molecule has 0 atom stereocenters. The van der Waals surface area contributed by atoms with Crippen LogP contribution in [0.1, 0.15) is 41.2 Å². The molecule has 3 aromatic rings. The molecule has 1 aliphatic rings. The highest BCUT2D eigenvalue weighted by molar-refractivity contribution is 6.36. The van der Waals surface area contributed by atoms with E-state index in [2.05, 4.69) is 12.2 Å². The zero-order chi connectivity index (χ0) is 24.2. The molecule has 2 amide bonds. The number of nitrogens with one attached hydrogen (secondary N) is 1. The van der Waals surface area contributed by atoms with E-state index < -0.39 is 0 Å². The zero-order valence-corrected chi connectivity index (χ0v) is 20.1. The van der Waals surface area contributed by atoms with Crippen LogP contribution in [0, 0.1) is 20.8 Å². The van der Waals surface area contributed by atoms with E-state index in [1.54, 1.807) is 0 Å². The predicted molar refractivity (Wildman–Crippen MR) is 135 cm³/mol. The van der Waals surface area contributed by atoms with Crippen LogP contribution < -0.4 is 10.1 Å². The van der Waals surface area contributed by atoms with Gasteiger partial charge in [-0.2, -0.15) is 0 Å². The molecular weight excluding hydrogens is 424 g/mol. The first-order chi connectivity index (χ1) is 16.4. The summed E-state index contributed by atoms with van der Waals surface area (Å²) in [6, 6.07) is 21.1. The number of amides is 2. The van der Waals surface area contributed by atoms with Crippen LogP contribution in [0.15, 0.2) is 72.4 Å². The third kappa shape index (κ3) is 4.74. The number of hydrogen-bond donors (Lipinski definition) is 1.